The number of halogens is 6. The maximum absolute atomic E-state index is 13.2. The molecule has 36 heavy (non-hydrogen) atoms. The Morgan fingerprint density at radius 3 is 2.39 bits per heavy atom. The van der Waals surface area contributed by atoms with Crippen LogP contribution in [0, 0.1) is 0 Å². The summed E-state index contributed by atoms with van der Waals surface area (Å²) in [4.78, 5) is 28.3. The number of ether oxygens (including phenoxy) is 2. The number of carbonyl (C=O) groups excluding carboxylic acids is 2. The van der Waals surface area contributed by atoms with Gasteiger partial charge in [0.2, 0.25) is 5.91 Å². The van der Waals surface area contributed by atoms with Gasteiger partial charge in [-0.25, -0.2) is 4.79 Å². The van der Waals surface area contributed by atoms with E-state index >= 15 is 0 Å². The van der Waals surface area contributed by atoms with Gasteiger partial charge in [-0.15, -0.1) is 0 Å². The number of hydrogen-bond acceptors (Lipinski definition) is 4. The van der Waals surface area contributed by atoms with Crippen LogP contribution in [0.15, 0.2) is 42.5 Å². The van der Waals surface area contributed by atoms with Gasteiger partial charge in [-0.3, -0.25) is 9.69 Å². The van der Waals surface area contributed by atoms with Crippen LogP contribution in [0.5, 0.6) is 5.75 Å². The Bertz CT molecular complexity index is 1130. The molecule has 12 heteroatoms. The second-order valence-electron chi connectivity index (χ2n) is 8.57. The van der Waals surface area contributed by atoms with E-state index in [0.717, 1.165) is 17.3 Å². The van der Waals surface area contributed by atoms with Crippen molar-refractivity contribution < 1.29 is 45.4 Å². The third kappa shape index (κ3) is 5.85. The number of cyclic esters (lactones) is 1. The van der Waals surface area contributed by atoms with Crippen molar-refractivity contribution in [3.63, 3.8) is 0 Å². The molecule has 0 saturated carbocycles. The van der Waals surface area contributed by atoms with E-state index in [1.54, 1.807) is 11.0 Å². The zero-order valence-electron chi connectivity index (χ0n) is 18.9. The van der Waals surface area contributed by atoms with E-state index in [-0.39, 0.29) is 31.3 Å². The summed E-state index contributed by atoms with van der Waals surface area (Å²) in [7, 11) is 0. The quantitative estimate of drug-likeness (QED) is 0.504. The standard InChI is InChI=1S/C24H22F6N2O4/c25-23(26,27)14-36-20-6-5-17(24(28,29)30)11-16(20)12-21(33)31-9-7-18(8-10-31)32-19-4-2-1-3-15(19)13-35-22(32)34/h1-6,11,18H,7-10,12-14H2. The number of hydrogen-bond donors (Lipinski definition) is 0. The van der Waals surface area contributed by atoms with Crippen molar-refractivity contribution in [3.8, 4) is 5.75 Å². The Kier molecular flexibility index (Phi) is 7.05. The first-order chi connectivity index (χ1) is 16.9. The van der Waals surface area contributed by atoms with E-state index in [9.17, 15) is 35.9 Å². The molecule has 0 spiro atoms. The number of piperidine rings is 1. The van der Waals surface area contributed by atoms with E-state index in [1.807, 2.05) is 18.2 Å². The average molecular weight is 516 g/mol. The number of carbonyl (C=O) groups is 2. The molecule has 1 saturated heterocycles. The van der Waals surface area contributed by atoms with Gasteiger partial charge < -0.3 is 14.4 Å². The summed E-state index contributed by atoms with van der Waals surface area (Å²) >= 11 is 0. The van der Waals surface area contributed by atoms with Gasteiger partial charge in [-0.2, -0.15) is 26.3 Å². The van der Waals surface area contributed by atoms with Crippen molar-refractivity contribution in [1.82, 2.24) is 4.90 Å². The minimum Gasteiger partial charge on any atom is -0.484 e. The molecule has 2 heterocycles. The minimum atomic E-state index is -4.74. The fourth-order valence-corrected chi connectivity index (χ4v) is 4.36. The molecule has 2 aromatic carbocycles. The van der Waals surface area contributed by atoms with Crippen LogP contribution in [0.25, 0.3) is 0 Å². The molecule has 0 atom stereocenters. The Morgan fingerprint density at radius 1 is 1.03 bits per heavy atom. The number of likely N-dealkylation sites (tertiary alicyclic amines) is 1. The molecule has 0 bridgehead atoms. The molecule has 2 amide bonds. The largest absolute Gasteiger partial charge is 0.484 e. The lowest BCUT2D eigenvalue weighted by Crippen LogP contribution is -2.50. The summed E-state index contributed by atoms with van der Waals surface area (Å²) in [6.45, 7) is -1.10. The predicted octanol–water partition coefficient (Wildman–Crippen LogP) is 5.34. The second kappa shape index (κ2) is 9.90. The number of alkyl halides is 6. The summed E-state index contributed by atoms with van der Waals surface area (Å²) in [5, 5.41) is 0. The molecular weight excluding hydrogens is 494 g/mol. The Balaban J connectivity index is 1.45. The van der Waals surface area contributed by atoms with Crippen LogP contribution in [0.1, 0.15) is 29.5 Å². The zero-order valence-corrected chi connectivity index (χ0v) is 18.9. The van der Waals surface area contributed by atoms with Crippen LogP contribution in [0.4, 0.5) is 36.8 Å². The lowest BCUT2D eigenvalue weighted by atomic mass is 9.99. The van der Waals surface area contributed by atoms with Crippen molar-refractivity contribution in [1.29, 1.82) is 0 Å². The molecule has 2 aliphatic heterocycles. The van der Waals surface area contributed by atoms with Gasteiger partial charge in [-0.05, 0) is 37.1 Å². The van der Waals surface area contributed by atoms with E-state index in [4.69, 9.17) is 4.74 Å². The Hall–Kier alpha value is -3.44. The van der Waals surface area contributed by atoms with Crippen LogP contribution in [-0.4, -0.2) is 48.8 Å². The van der Waals surface area contributed by atoms with Crippen molar-refractivity contribution in [2.45, 2.75) is 44.3 Å². The monoisotopic (exact) mass is 516 g/mol. The maximum Gasteiger partial charge on any atom is 0.422 e. The fourth-order valence-electron chi connectivity index (χ4n) is 4.36. The lowest BCUT2D eigenvalue weighted by molar-refractivity contribution is -0.153. The predicted molar refractivity (Wildman–Crippen MR) is 115 cm³/mol. The number of nitrogens with zero attached hydrogens (tertiary/aromatic N) is 2. The molecule has 2 aliphatic rings. The summed E-state index contributed by atoms with van der Waals surface area (Å²) < 4.78 is 87.2. The van der Waals surface area contributed by atoms with Gasteiger partial charge in [0.1, 0.15) is 12.4 Å². The highest BCUT2D eigenvalue weighted by molar-refractivity contribution is 5.91. The topological polar surface area (TPSA) is 59.1 Å². The fraction of sp³-hybridized carbons (Fsp3) is 0.417. The third-order valence-electron chi connectivity index (χ3n) is 6.10. The van der Waals surface area contributed by atoms with Crippen LogP contribution in [0.3, 0.4) is 0 Å². The van der Waals surface area contributed by atoms with Crippen molar-refractivity contribution in [3.05, 3.63) is 59.2 Å². The summed E-state index contributed by atoms with van der Waals surface area (Å²) in [6.07, 6.45) is -9.69. The number of para-hydroxylation sites is 1. The number of rotatable bonds is 5. The van der Waals surface area contributed by atoms with E-state index in [2.05, 4.69) is 4.74 Å². The van der Waals surface area contributed by atoms with E-state index < -0.39 is 48.7 Å². The highest BCUT2D eigenvalue weighted by Crippen LogP contribution is 2.35. The van der Waals surface area contributed by atoms with Crippen molar-refractivity contribution in [2.24, 2.45) is 0 Å². The number of fused-ring (bicyclic) bond motifs is 1. The average Bonchev–Trinajstić information content (AvgIpc) is 2.82. The molecule has 0 aromatic heterocycles. The molecule has 0 unspecified atom stereocenters. The van der Waals surface area contributed by atoms with Crippen LogP contribution < -0.4 is 9.64 Å². The number of benzene rings is 2. The van der Waals surface area contributed by atoms with Crippen LogP contribution >= 0.6 is 0 Å². The van der Waals surface area contributed by atoms with E-state index in [1.165, 1.54) is 4.90 Å². The minimum absolute atomic E-state index is 0.165. The lowest BCUT2D eigenvalue weighted by Gasteiger charge is -2.40. The first-order valence-electron chi connectivity index (χ1n) is 11.1. The van der Waals surface area contributed by atoms with E-state index in [0.29, 0.717) is 25.0 Å². The number of anilines is 1. The normalized spacial score (nSPS) is 17.0. The van der Waals surface area contributed by atoms with Gasteiger partial charge in [0.25, 0.3) is 0 Å². The molecule has 1 fully saturated rings. The van der Waals surface area contributed by atoms with Gasteiger partial charge >= 0.3 is 18.4 Å². The SMILES string of the molecule is O=C(Cc1cc(C(F)(F)F)ccc1OCC(F)(F)F)N1CCC(N2C(=O)OCc3ccccc32)CC1. The maximum atomic E-state index is 13.2. The van der Waals surface area contributed by atoms with Gasteiger partial charge in [-0.1, -0.05) is 18.2 Å². The smallest absolute Gasteiger partial charge is 0.422 e. The summed E-state index contributed by atoms with van der Waals surface area (Å²) in [5.41, 5.74) is 0.209. The Morgan fingerprint density at radius 2 is 1.72 bits per heavy atom. The van der Waals surface area contributed by atoms with Crippen molar-refractivity contribution in [2.75, 3.05) is 24.6 Å². The summed E-state index contributed by atoms with van der Waals surface area (Å²) in [5.74, 6) is -0.984. The number of amides is 2. The van der Waals surface area contributed by atoms with Crippen molar-refractivity contribution >= 4 is 17.7 Å². The Labute approximate surface area is 202 Å². The first kappa shape index (κ1) is 25.6. The molecule has 2 aromatic rings. The first-order valence-corrected chi connectivity index (χ1v) is 11.1. The molecule has 194 valence electrons. The summed E-state index contributed by atoms with van der Waals surface area (Å²) in [6, 6.07) is 9.08. The third-order valence-corrected chi connectivity index (χ3v) is 6.10. The molecule has 0 radical (unpaired) electrons. The molecule has 0 aliphatic carbocycles. The molecule has 4 rings (SSSR count). The van der Waals surface area contributed by atoms with Gasteiger partial charge in [0.05, 0.1) is 17.7 Å². The van der Waals surface area contributed by atoms with Gasteiger partial charge in [0, 0.05) is 30.3 Å². The molecular formula is C24H22F6N2O4. The zero-order chi connectivity index (χ0) is 26.1. The molecule has 6 nitrogen and oxygen atoms in total. The highest BCUT2D eigenvalue weighted by Gasteiger charge is 2.36. The van der Waals surface area contributed by atoms with Crippen LogP contribution in [0.2, 0.25) is 0 Å². The molecule has 0 N–H and O–H groups in total. The second-order valence-corrected chi connectivity index (χ2v) is 8.57. The van der Waals surface area contributed by atoms with Gasteiger partial charge in [0.15, 0.2) is 6.61 Å². The van der Waals surface area contributed by atoms with Crippen LogP contribution in [-0.2, 0) is 28.7 Å². The highest BCUT2D eigenvalue weighted by atomic mass is 19.4.